The number of hydrazine groups is 1. The molecular formula is C12H14Cl2N4. The molecular weight excluding hydrogens is 271 g/mol. The maximum absolute atomic E-state index is 6.26. The molecule has 0 spiro atoms. The fourth-order valence-corrected chi connectivity index (χ4v) is 2.55. The number of benzene rings is 1. The Balaban J connectivity index is 2.52. The molecule has 0 aliphatic rings. The molecule has 1 aromatic heterocycles. The zero-order valence-electron chi connectivity index (χ0n) is 10.1. The predicted octanol–water partition coefficient (Wildman–Crippen LogP) is 2.59. The van der Waals surface area contributed by atoms with Crippen molar-refractivity contribution in [3.05, 3.63) is 51.3 Å². The minimum atomic E-state index is -0.293. The highest BCUT2D eigenvalue weighted by atomic mass is 35.5. The maximum atomic E-state index is 6.26. The molecule has 6 heteroatoms. The van der Waals surface area contributed by atoms with Crippen molar-refractivity contribution in [3.8, 4) is 0 Å². The Labute approximate surface area is 116 Å². The molecule has 0 aliphatic carbocycles. The Morgan fingerprint density at radius 3 is 2.56 bits per heavy atom. The Morgan fingerprint density at radius 2 is 2.06 bits per heavy atom. The Hall–Kier alpha value is -1.07. The summed E-state index contributed by atoms with van der Waals surface area (Å²) in [6.45, 7) is 1.98. The van der Waals surface area contributed by atoms with E-state index in [1.54, 1.807) is 10.9 Å². The molecule has 96 valence electrons. The van der Waals surface area contributed by atoms with Crippen LogP contribution in [-0.2, 0) is 7.05 Å². The second kappa shape index (κ2) is 5.28. The molecule has 4 nitrogen and oxygen atoms in total. The Bertz CT molecular complexity index is 546. The lowest BCUT2D eigenvalue weighted by molar-refractivity contribution is 0.575. The van der Waals surface area contributed by atoms with Crippen LogP contribution in [0.3, 0.4) is 0 Å². The van der Waals surface area contributed by atoms with E-state index in [-0.39, 0.29) is 6.04 Å². The fraction of sp³-hybridized carbons (Fsp3) is 0.250. The molecule has 0 saturated heterocycles. The van der Waals surface area contributed by atoms with E-state index < -0.39 is 0 Å². The van der Waals surface area contributed by atoms with Crippen molar-refractivity contribution < 1.29 is 0 Å². The Morgan fingerprint density at radius 1 is 1.33 bits per heavy atom. The van der Waals surface area contributed by atoms with E-state index in [2.05, 4.69) is 10.5 Å². The van der Waals surface area contributed by atoms with Gasteiger partial charge in [-0.3, -0.25) is 10.5 Å². The zero-order chi connectivity index (χ0) is 13.3. The summed E-state index contributed by atoms with van der Waals surface area (Å²) in [5, 5.41) is 5.31. The monoisotopic (exact) mass is 284 g/mol. The first-order chi connectivity index (χ1) is 8.54. The largest absolute Gasteiger partial charge is 0.271 e. The molecule has 1 atom stereocenters. The highest BCUT2D eigenvalue weighted by Crippen LogP contribution is 2.31. The first-order valence-corrected chi connectivity index (χ1v) is 6.19. The molecule has 0 amide bonds. The molecule has 0 fully saturated rings. The molecule has 0 saturated carbocycles. The van der Waals surface area contributed by atoms with Gasteiger partial charge < -0.3 is 0 Å². The van der Waals surface area contributed by atoms with E-state index in [1.807, 2.05) is 32.2 Å². The van der Waals surface area contributed by atoms with Gasteiger partial charge in [0.05, 0.1) is 23.0 Å². The third-order valence-electron chi connectivity index (χ3n) is 2.84. The van der Waals surface area contributed by atoms with Crippen LogP contribution in [0.25, 0.3) is 0 Å². The molecule has 1 unspecified atom stereocenters. The average molecular weight is 285 g/mol. The molecule has 18 heavy (non-hydrogen) atoms. The van der Waals surface area contributed by atoms with Gasteiger partial charge in [-0.05, 0) is 24.1 Å². The standard InChI is InChI=1S/C12H14Cl2N4/c1-7-3-4-8(9(13)5-7)11(17-15)12-10(14)6-16-18(12)2/h3-6,11,17H,15H2,1-2H3. The number of aromatic nitrogens is 2. The van der Waals surface area contributed by atoms with Gasteiger partial charge in [-0.15, -0.1) is 0 Å². The SMILES string of the molecule is Cc1ccc(C(NN)c2c(Cl)cnn2C)c(Cl)c1. The van der Waals surface area contributed by atoms with Gasteiger partial charge in [-0.1, -0.05) is 35.3 Å². The minimum absolute atomic E-state index is 0.293. The smallest absolute Gasteiger partial charge is 0.0907 e. The summed E-state index contributed by atoms with van der Waals surface area (Å²) >= 11 is 12.4. The summed E-state index contributed by atoms with van der Waals surface area (Å²) in [7, 11) is 1.81. The van der Waals surface area contributed by atoms with Crippen LogP contribution in [0, 0.1) is 6.92 Å². The van der Waals surface area contributed by atoms with E-state index in [0.29, 0.717) is 10.0 Å². The van der Waals surface area contributed by atoms with E-state index in [0.717, 1.165) is 16.8 Å². The number of hydrogen-bond acceptors (Lipinski definition) is 3. The first kappa shape index (κ1) is 13.4. The van der Waals surface area contributed by atoms with Gasteiger partial charge in [-0.25, -0.2) is 5.43 Å². The minimum Gasteiger partial charge on any atom is -0.271 e. The summed E-state index contributed by atoms with van der Waals surface area (Å²) in [4.78, 5) is 0. The number of nitrogens with two attached hydrogens (primary N) is 1. The third kappa shape index (κ3) is 2.37. The Kier molecular flexibility index (Phi) is 3.92. The van der Waals surface area contributed by atoms with Crippen LogP contribution in [0.5, 0.6) is 0 Å². The molecule has 1 heterocycles. The fourth-order valence-electron chi connectivity index (χ4n) is 1.93. The average Bonchev–Trinajstić information content (AvgIpc) is 2.64. The maximum Gasteiger partial charge on any atom is 0.0907 e. The van der Waals surface area contributed by atoms with Gasteiger partial charge in [-0.2, -0.15) is 5.10 Å². The highest BCUT2D eigenvalue weighted by Gasteiger charge is 2.21. The summed E-state index contributed by atoms with van der Waals surface area (Å²) in [6.07, 6.45) is 1.59. The second-order valence-corrected chi connectivity index (χ2v) is 4.94. The van der Waals surface area contributed by atoms with E-state index >= 15 is 0 Å². The van der Waals surface area contributed by atoms with Gasteiger partial charge in [0.25, 0.3) is 0 Å². The lowest BCUT2D eigenvalue weighted by Crippen LogP contribution is -2.30. The second-order valence-electron chi connectivity index (χ2n) is 4.13. The summed E-state index contributed by atoms with van der Waals surface area (Å²) in [6, 6.07) is 5.52. The molecule has 0 aliphatic heterocycles. The summed E-state index contributed by atoms with van der Waals surface area (Å²) in [5.41, 5.74) is 5.48. The van der Waals surface area contributed by atoms with Gasteiger partial charge in [0.1, 0.15) is 0 Å². The van der Waals surface area contributed by atoms with Crippen molar-refractivity contribution in [2.45, 2.75) is 13.0 Å². The normalized spacial score (nSPS) is 12.7. The summed E-state index contributed by atoms with van der Waals surface area (Å²) < 4.78 is 1.68. The summed E-state index contributed by atoms with van der Waals surface area (Å²) in [5.74, 6) is 5.63. The van der Waals surface area contributed by atoms with Crippen LogP contribution in [0.15, 0.2) is 24.4 Å². The number of hydrogen-bond donors (Lipinski definition) is 2. The quantitative estimate of drug-likeness (QED) is 0.673. The molecule has 0 radical (unpaired) electrons. The van der Waals surface area contributed by atoms with Gasteiger partial charge in [0.2, 0.25) is 0 Å². The van der Waals surface area contributed by atoms with Crippen molar-refractivity contribution in [1.29, 1.82) is 0 Å². The molecule has 3 N–H and O–H groups in total. The molecule has 0 bridgehead atoms. The number of nitrogens with zero attached hydrogens (tertiary/aromatic N) is 2. The first-order valence-electron chi connectivity index (χ1n) is 5.44. The van der Waals surface area contributed by atoms with Crippen LogP contribution in [-0.4, -0.2) is 9.78 Å². The van der Waals surface area contributed by atoms with Crippen LogP contribution in [0.1, 0.15) is 22.9 Å². The van der Waals surface area contributed by atoms with Gasteiger partial charge in [0, 0.05) is 12.1 Å². The van der Waals surface area contributed by atoms with Crippen molar-refractivity contribution in [3.63, 3.8) is 0 Å². The van der Waals surface area contributed by atoms with E-state index in [9.17, 15) is 0 Å². The molecule has 2 aromatic rings. The van der Waals surface area contributed by atoms with E-state index in [4.69, 9.17) is 29.0 Å². The van der Waals surface area contributed by atoms with Gasteiger partial charge >= 0.3 is 0 Å². The van der Waals surface area contributed by atoms with E-state index in [1.165, 1.54) is 0 Å². The number of nitrogens with one attached hydrogen (secondary N) is 1. The predicted molar refractivity (Wildman–Crippen MR) is 73.6 cm³/mol. The number of halogens is 2. The van der Waals surface area contributed by atoms with Crippen LogP contribution in [0.4, 0.5) is 0 Å². The van der Waals surface area contributed by atoms with Crippen molar-refractivity contribution in [1.82, 2.24) is 15.2 Å². The highest BCUT2D eigenvalue weighted by molar-refractivity contribution is 6.32. The lowest BCUT2D eigenvalue weighted by Gasteiger charge is -2.19. The zero-order valence-corrected chi connectivity index (χ0v) is 11.6. The van der Waals surface area contributed by atoms with Crippen LogP contribution >= 0.6 is 23.2 Å². The molecule has 2 rings (SSSR count). The van der Waals surface area contributed by atoms with Crippen molar-refractivity contribution >= 4 is 23.2 Å². The van der Waals surface area contributed by atoms with Crippen LogP contribution in [0.2, 0.25) is 10.0 Å². The number of aryl methyl sites for hydroxylation is 2. The van der Waals surface area contributed by atoms with Crippen molar-refractivity contribution in [2.24, 2.45) is 12.9 Å². The van der Waals surface area contributed by atoms with Gasteiger partial charge in [0.15, 0.2) is 0 Å². The van der Waals surface area contributed by atoms with Crippen LogP contribution < -0.4 is 11.3 Å². The molecule has 1 aromatic carbocycles. The van der Waals surface area contributed by atoms with Crippen molar-refractivity contribution in [2.75, 3.05) is 0 Å². The number of rotatable bonds is 3. The third-order valence-corrected chi connectivity index (χ3v) is 3.46. The lowest BCUT2D eigenvalue weighted by atomic mass is 10.0. The topological polar surface area (TPSA) is 55.9 Å².